The molecule has 2 N–H and O–H groups in total. The Balaban J connectivity index is 1.64. The molecule has 1 aliphatic rings. The Labute approximate surface area is 161 Å². The number of rotatable bonds is 5. The SMILES string of the molecule is Cc1ccc(NC(=O)C2CC2C(=O)Nc2c(C)cccc2C(C)C)cc1C. The fourth-order valence-electron chi connectivity index (χ4n) is 3.39. The van der Waals surface area contributed by atoms with Crippen LogP contribution in [0.15, 0.2) is 36.4 Å². The summed E-state index contributed by atoms with van der Waals surface area (Å²) in [4.78, 5) is 25.2. The molecule has 1 fully saturated rings. The van der Waals surface area contributed by atoms with Crippen molar-refractivity contribution in [3.8, 4) is 0 Å². The summed E-state index contributed by atoms with van der Waals surface area (Å²) in [6.45, 7) is 10.3. The first-order chi connectivity index (χ1) is 12.8. The predicted octanol–water partition coefficient (Wildman–Crippen LogP) is 4.95. The van der Waals surface area contributed by atoms with Gasteiger partial charge in [-0.1, -0.05) is 38.1 Å². The van der Waals surface area contributed by atoms with Crippen LogP contribution >= 0.6 is 0 Å². The summed E-state index contributed by atoms with van der Waals surface area (Å²) in [6.07, 6.45) is 0.603. The molecule has 0 saturated heterocycles. The molecule has 4 nitrogen and oxygen atoms in total. The minimum Gasteiger partial charge on any atom is -0.326 e. The molecule has 1 aliphatic carbocycles. The lowest BCUT2D eigenvalue weighted by Crippen LogP contribution is -2.21. The van der Waals surface area contributed by atoms with E-state index in [2.05, 4.69) is 24.5 Å². The van der Waals surface area contributed by atoms with Gasteiger partial charge in [0.25, 0.3) is 0 Å². The van der Waals surface area contributed by atoms with E-state index in [1.54, 1.807) is 0 Å². The van der Waals surface area contributed by atoms with Gasteiger partial charge in [0.1, 0.15) is 0 Å². The number of carbonyl (C=O) groups excluding carboxylic acids is 2. The van der Waals surface area contributed by atoms with E-state index >= 15 is 0 Å². The number of amides is 2. The van der Waals surface area contributed by atoms with E-state index in [9.17, 15) is 9.59 Å². The summed E-state index contributed by atoms with van der Waals surface area (Å²) in [6, 6.07) is 11.9. The highest BCUT2D eigenvalue weighted by molar-refractivity contribution is 6.03. The van der Waals surface area contributed by atoms with Gasteiger partial charge in [0, 0.05) is 11.4 Å². The maximum atomic E-state index is 12.7. The second-order valence-electron chi connectivity index (χ2n) is 7.92. The second kappa shape index (κ2) is 7.55. The number of carbonyl (C=O) groups is 2. The number of para-hydroxylation sites is 1. The molecule has 27 heavy (non-hydrogen) atoms. The average molecular weight is 364 g/mol. The van der Waals surface area contributed by atoms with Crippen LogP contribution in [-0.4, -0.2) is 11.8 Å². The van der Waals surface area contributed by atoms with Crippen LogP contribution in [-0.2, 0) is 9.59 Å². The molecule has 3 rings (SSSR count). The maximum absolute atomic E-state index is 12.7. The van der Waals surface area contributed by atoms with Gasteiger partial charge in [0.15, 0.2) is 0 Å². The molecule has 0 aromatic heterocycles. The molecule has 0 bridgehead atoms. The Morgan fingerprint density at radius 1 is 0.889 bits per heavy atom. The summed E-state index contributed by atoms with van der Waals surface area (Å²) in [7, 11) is 0. The van der Waals surface area contributed by atoms with Crippen molar-refractivity contribution < 1.29 is 9.59 Å². The smallest absolute Gasteiger partial charge is 0.228 e. The zero-order valence-electron chi connectivity index (χ0n) is 16.7. The maximum Gasteiger partial charge on any atom is 0.228 e. The monoisotopic (exact) mass is 364 g/mol. The van der Waals surface area contributed by atoms with Gasteiger partial charge in [-0.05, 0) is 67.5 Å². The number of anilines is 2. The van der Waals surface area contributed by atoms with Gasteiger partial charge in [-0.25, -0.2) is 0 Å². The van der Waals surface area contributed by atoms with Gasteiger partial charge in [-0.2, -0.15) is 0 Å². The van der Waals surface area contributed by atoms with E-state index in [0.717, 1.165) is 28.1 Å². The zero-order valence-corrected chi connectivity index (χ0v) is 16.7. The molecular weight excluding hydrogens is 336 g/mol. The van der Waals surface area contributed by atoms with Gasteiger partial charge >= 0.3 is 0 Å². The molecule has 0 radical (unpaired) electrons. The number of hydrogen-bond acceptors (Lipinski definition) is 2. The summed E-state index contributed by atoms with van der Waals surface area (Å²) in [5, 5.41) is 6.01. The molecule has 2 unspecified atom stereocenters. The first kappa shape index (κ1) is 19.2. The Bertz CT molecular complexity index is 886. The molecule has 2 atom stereocenters. The van der Waals surface area contributed by atoms with E-state index in [4.69, 9.17) is 0 Å². The molecule has 0 aliphatic heterocycles. The quantitative estimate of drug-likeness (QED) is 0.789. The van der Waals surface area contributed by atoms with Crippen molar-refractivity contribution in [2.75, 3.05) is 10.6 Å². The van der Waals surface area contributed by atoms with Gasteiger partial charge in [0.2, 0.25) is 11.8 Å². The lowest BCUT2D eigenvalue weighted by molar-refractivity contribution is -0.122. The Kier molecular flexibility index (Phi) is 5.36. The molecular formula is C23H28N2O2. The summed E-state index contributed by atoms with van der Waals surface area (Å²) < 4.78 is 0. The Morgan fingerprint density at radius 2 is 1.56 bits per heavy atom. The van der Waals surface area contributed by atoms with Crippen LogP contribution < -0.4 is 10.6 Å². The third-order valence-electron chi connectivity index (χ3n) is 5.41. The van der Waals surface area contributed by atoms with E-state index in [1.807, 2.05) is 57.2 Å². The van der Waals surface area contributed by atoms with Crippen LogP contribution in [0.3, 0.4) is 0 Å². The fourth-order valence-corrected chi connectivity index (χ4v) is 3.39. The van der Waals surface area contributed by atoms with Crippen LogP contribution in [0.25, 0.3) is 0 Å². The Hall–Kier alpha value is -2.62. The molecule has 142 valence electrons. The Morgan fingerprint density at radius 3 is 2.19 bits per heavy atom. The van der Waals surface area contributed by atoms with Crippen molar-refractivity contribution in [2.24, 2.45) is 11.8 Å². The van der Waals surface area contributed by atoms with Crippen molar-refractivity contribution in [1.29, 1.82) is 0 Å². The molecule has 2 aromatic rings. The largest absolute Gasteiger partial charge is 0.326 e. The molecule has 1 saturated carbocycles. The van der Waals surface area contributed by atoms with Crippen LogP contribution in [0.1, 0.15) is 48.4 Å². The van der Waals surface area contributed by atoms with Crippen molar-refractivity contribution >= 4 is 23.2 Å². The summed E-state index contributed by atoms with van der Waals surface area (Å²) >= 11 is 0. The fraction of sp³-hybridized carbons (Fsp3) is 0.391. The third kappa shape index (κ3) is 4.21. The first-order valence-corrected chi connectivity index (χ1v) is 9.56. The third-order valence-corrected chi connectivity index (χ3v) is 5.41. The molecule has 2 aromatic carbocycles. The van der Waals surface area contributed by atoms with Gasteiger partial charge < -0.3 is 10.6 Å². The lowest BCUT2D eigenvalue weighted by Gasteiger charge is -2.16. The minimum atomic E-state index is -0.254. The number of benzene rings is 2. The van der Waals surface area contributed by atoms with E-state index in [1.165, 1.54) is 5.56 Å². The topological polar surface area (TPSA) is 58.2 Å². The number of nitrogens with one attached hydrogen (secondary N) is 2. The number of hydrogen-bond donors (Lipinski definition) is 2. The van der Waals surface area contributed by atoms with Gasteiger partial charge in [-0.15, -0.1) is 0 Å². The van der Waals surface area contributed by atoms with E-state index < -0.39 is 0 Å². The van der Waals surface area contributed by atoms with Crippen LogP contribution in [0.2, 0.25) is 0 Å². The van der Waals surface area contributed by atoms with Crippen LogP contribution in [0.4, 0.5) is 11.4 Å². The minimum absolute atomic E-state index is 0.0635. The number of aryl methyl sites for hydroxylation is 3. The normalized spacial score (nSPS) is 18.3. The summed E-state index contributed by atoms with van der Waals surface area (Å²) in [5.41, 5.74) is 6.17. The molecule has 0 heterocycles. The second-order valence-corrected chi connectivity index (χ2v) is 7.92. The van der Waals surface area contributed by atoms with Crippen LogP contribution in [0.5, 0.6) is 0 Å². The van der Waals surface area contributed by atoms with Gasteiger partial charge in [0.05, 0.1) is 11.8 Å². The highest BCUT2D eigenvalue weighted by Crippen LogP contribution is 2.41. The van der Waals surface area contributed by atoms with Crippen molar-refractivity contribution in [3.05, 3.63) is 58.7 Å². The highest BCUT2D eigenvalue weighted by atomic mass is 16.2. The zero-order chi connectivity index (χ0) is 19.7. The average Bonchev–Trinajstić information content (AvgIpc) is 3.40. The first-order valence-electron chi connectivity index (χ1n) is 9.56. The lowest BCUT2D eigenvalue weighted by atomic mass is 9.98. The van der Waals surface area contributed by atoms with Crippen molar-refractivity contribution in [1.82, 2.24) is 0 Å². The predicted molar refractivity (Wildman–Crippen MR) is 110 cm³/mol. The van der Waals surface area contributed by atoms with Gasteiger partial charge in [-0.3, -0.25) is 9.59 Å². The van der Waals surface area contributed by atoms with Crippen molar-refractivity contribution in [2.45, 2.75) is 47.0 Å². The van der Waals surface area contributed by atoms with E-state index in [-0.39, 0.29) is 23.7 Å². The van der Waals surface area contributed by atoms with Crippen LogP contribution in [0, 0.1) is 32.6 Å². The molecule has 4 heteroatoms. The van der Waals surface area contributed by atoms with Crippen molar-refractivity contribution in [3.63, 3.8) is 0 Å². The molecule has 2 amide bonds. The van der Waals surface area contributed by atoms with E-state index in [0.29, 0.717) is 12.3 Å². The standard InChI is InChI=1S/C23H28N2O2/c1-13(2)18-8-6-7-15(4)21(18)25-23(27)20-12-19(20)22(26)24-17-10-9-14(3)16(5)11-17/h6-11,13,19-20H,12H2,1-5H3,(H,24,26)(H,25,27). The molecule has 0 spiro atoms. The highest BCUT2D eigenvalue weighted by Gasteiger charge is 2.48. The summed E-state index contributed by atoms with van der Waals surface area (Å²) in [5.74, 6) is -0.323.